The third kappa shape index (κ3) is 2.52. The molecule has 2 N–H and O–H groups in total. The van der Waals surface area contributed by atoms with E-state index in [0.717, 1.165) is 23.5 Å². The van der Waals surface area contributed by atoms with Crippen LogP contribution in [0.3, 0.4) is 0 Å². The normalized spacial score (nSPS) is 10.5. The Kier molecular flexibility index (Phi) is 3.69. The fourth-order valence-electron chi connectivity index (χ4n) is 2.34. The predicted octanol–water partition coefficient (Wildman–Crippen LogP) is 3.01. The zero-order valence-electron chi connectivity index (χ0n) is 11.9. The summed E-state index contributed by atoms with van der Waals surface area (Å²) in [7, 11) is 2.01. The lowest BCUT2D eigenvalue weighted by Gasteiger charge is -2.23. The summed E-state index contributed by atoms with van der Waals surface area (Å²) >= 11 is 0. The van der Waals surface area contributed by atoms with Gasteiger partial charge in [0.05, 0.1) is 0 Å². The number of nitrogens with two attached hydrogens (primary N) is 1. The monoisotopic (exact) mass is 256 g/mol. The van der Waals surface area contributed by atoms with Crippen LogP contribution in [0.4, 0.5) is 17.3 Å². The van der Waals surface area contributed by atoms with Gasteiger partial charge in [0.25, 0.3) is 0 Å². The number of hydrogen-bond donors (Lipinski definition) is 1. The topological polar surface area (TPSA) is 55.0 Å². The van der Waals surface area contributed by atoms with Crippen LogP contribution < -0.4 is 10.6 Å². The van der Waals surface area contributed by atoms with E-state index in [-0.39, 0.29) is 0 Å². The zero-order valence-corrected chi connectivity index (χ0v) is 11.9. The van der Waals surface area contributed by atoms with Crippen LogP contribution in [0, 0.1) is 13.8 Å². The van der Waals surface area contributed by atoms with Gasteiger partial charge in [0.1, 0.15) is 18.0 Å². The van der Waals surface area contributed by atoms with E-state index < -0.39 is 0 Å². The molecule has 0 radical (unpaired) electrons. The maximum Gasteiger partial charge on any atom is 0.141 e. The largest absolute Gasteiger partial charge is 0.383 e. The van der Waals surface area contributed by atoms with Gasteiger partial charge in [0.15, 0.2) is 0 Å². The number of nitrogen functional groups attached to an aromatic ring is 1. The van der Waals surface area contributed by atoms with E-state index in [0.29, 0.717) is 5.82 Å². The Labute approximate surface area is 114 Å². The molecule has 100 valence electrons. The average Bonchev–Trinajstić information content (AvgIpc) is 2.37. The Morgan fingerprint density at radius 1 is 1.21 bits per heavy atom. The second-order valence-corrected chi connectivity index (χ2v) is 4.76. The highest BCUT2D eigenvalue weighted by molar-refractivity contribution is 5.68. The van der Waals surface area contributed by atoms with Gasteiger partial charge in [-0.3, -0.25) is 0 Å². The Hall–Kier alpha value is -2.10. The van der Waals surface area contributed by atoms with Crippen LogP contribution in [0.25, 0.3) is 0 Å². The molecule has 19 heavy (non-hydrogen) atoms. The number of nitrogens with zero attached hydrogens (tertiary/aromatic N) is 3. The first kappa shape index (κ1) is 13.3. The Bertz CT molecular complexity index is 593. The maximum absolute atomic E-state index is 5.93. The van der Waals surface area contributed by atoms with E-state index in [4.69, 9.17) is 5.73 Å². The summed E-state index contributed by atoms with van der Waals surface area (Å²) in [6, 6.07) is 6.39. The summed E-state index contributed by atoms with van der Waals surface area (Å²) in [6.07, 6.45) is 2.33. The maximum atomic E-state index is 5.93. The molecule has 0 unspecified atom stereocenters. The van der Waals surface area contributed by atoms with Crippen LogP contribution in [0.15, 0.2) is 24.5 Å². The van der Waals surface area contributed by atoms with E-state index in [1.165, 1.54) is 17.5 Å². The Morgan fingerprint density at radius 3 is 2.58 bits per heavy atom. The fraction of sp³-hybridized carbons (Fsp3) is 0.333. The van der Waals surface area contributed by atoms with Crippen LogP contribution in [0.1, 0.15) is 23.6 Å². The molecule has 2 aromatic rings. The molecule has 0 saturated carbocycles. The van der Waals surface area contributed by atoms with Crippen LogP contribution in [0.5, 0.6) is 0 Å². The molecule has 2 rings (SSSR count). The van der Waals surface area contributed by atoms with Crippen molar-refractivity contribution in [2.75, 3.05) is 17.7 Å². The lowest BCUT2D eigenvalue weighted by atomic mass is 10.1. The van der Waals surface area contributed by atoms with Gasteiger partial charge in [-0.25, -0.2) is 9.97 Å². The highest BCUT2D eigenvalue weighted by Crippen LogP contribution is 2.30. The third-order valence-electron chi connectivity index (χ3n) is 3.34. The second-order valence-electron chi connectivity index (χ2n) is 4.76. The number of anilines is 3. The van der Waals surface area contributed by atoms with Crippen molar-refractivity contribution in [1.29, 1.82) is 0 Å². The van der Waals surface area contributed by atoms with Gasteiger partial charge in [0.2, 0.25) is 0 Å². The molecule has 0 fully saturated rings. The molecule has 0 amide bonds. The van der Waals surface area contributed by atoms with Crippen LogP contribution in [-0.4, -0.2) is 17.0 Å². The molecule has 0 aliphatic heterocycles. The molecule has 0 aliphatic rings. The van der Waals surface area contributed by atoms with E-state index in [1.807, 2.05) is 7.05 Å². The van der Waals surface area contributed by atoms with Crippen molar-refractivity contribution in [1.82, 2.24) is 9.97 Å². The van der Waals surface area contributed by atoms with E-state index in [9.17, 15) is 0 Å². The minimum atomic E-state index is 0.559. The van der Waals surface area contributed by atoms with Crippen LogP contribution >= 0.6 is 0 Å². The number of aryl methyl sites for hydroxylation is 2. The molecule has 0 bridgehead atoms. The number of aromatic nitrogens is 2. The highest BCUT2D eigenvalue weighted by atomic mass is 15.2. The molecule has 0 aliphatic carbocycles. The van der Waals surface area contributed by atoms with Gasteiger partial charge in [-0.15, -0.1) is 0 Å². The first-order valence-electron chi connectivity index (χ1n) is 6.45. The number of hydrogen-bond acceptors (Lipinski definition) is 4. The van der Waals surface area contributed by atoms with Crippen molar-refractivity contribution in [2.24, 2.45) is 0 Å². The average molecular weight is 256 g/mol. The molecule has 4 nitrogen and oxygen atoms in total. The molecule has 0 spiro atoms. The van der Waals surface area contributed by atoms with Gasteiger partial charge >= 0.3 is 0 Å². The summed E-state index contributed by atoms with van der Waals surface area (Å²) in [5.74, 6) is 1.44. The first-order valence-corrected chi connectivity index (χ1v) is 6.45. The summed E-state index contributed by atoms with van der Waals surface area (Å²) in [6.45, 7) is 6.26. The summed E-state index contributed by atoms with van der Waals surface area (Å²) in [5.41, 5.74) is 10.5. The third-order valence-corrected chi connectivity index (χ3v) is 3.34. The lowest BCUT2D eigenvalue weighted by Crippen LogP contribution is -2.16. The molecule has 0 saturated heterocycles. The lowest BCUT2D eigenvalue weighted by molar-refractivity contribution is 1.00. The molecule has 1 aromatic heterocycles. The number of benzene rings is 1. The minimum absolute atomic E-state index is 0.559. The van der Waals surface area contributed by atoms with Crippen molar-refractivity contribution < 1.29 is 0 Å². The van der Waals surface area contributed by atoms with Gasteiger partial charge in [0, 0.05) is 18.3 Å². The van der Waals surface area contributed by atoms with Crippen molar-refractivity contribution >= 4 is 17.3 Å². The van der Waals surface area contributed by atoms with E-state index in [2.05, 4.69) is 53.8 Å². The van der Waals surface area contributed by atoms with E-state index >= 15 is 0 Å². The molecular weight excluding hydrogens is 236 g/mol. The second kappa shape index (κ2) is 5.26. The van der Waals surface area contributed by atoms with Crippen molar-refractivity contribution in [3.63, 3.8) is 0 Å². The smallest absolute Gasteiger partial charge is 0.141 e. The molecule has 0 atom stereocenters. The Balaban J connectivity index is 2.50. The van der Waals surface area contributed by atoms with Gasteiger partial charge in [-0.05, 0) is 31.9 Å². The quantitative estimate of drug-likeness (QED) is 0.917. The Morgan fingerprint density at radius 2 is 1.95 bits per heavy atom. The van der Waals surface area contributed by atoms with E-state index in [1.54, 1.807) is 0 Å². The SMILES string of the molecule is CCc1c(N)ncnc1N(C)c1ccc(C)cc1C. The van der Waals surface area contributed by atoms with Gasteiger partial charge in [-0.2, -0.15) is 0 Å². The molecule has 1 heterocycles. The highest BCUT2D eigenvalue weighted by Gasteiger charge is 2.14. The fourth-order valence-corrected chi connectivity index (χ4v) is 2.34. The molecular formula is C15H20N4. The summed E-state index contributed by atoms with van der Waals surface area (Å²) in [4.78, 5) is 10.5. The van der Waals surface area contributed by atoms with Gasteiger partial charge in [-0.1, -0.05) is 24.6 Å². The zero-order chi connectivity index (χ0) is 14.0. The first-order chi connectivity index (χ1) is 9.04. The summed E-state index contributed by atoms with van der Waals surface area (Å²) < 4.78 is 0. The minimum Gasteiger partial charge on any atom is -0.383 e. The van der Waals surface area contributed by atoms with Crippen molar-refractivity contribution in [2.45, 2.75) is 27.2 Å². The molecule has 4 heteroatoms. The van der Waals surface area contributed by atoms with Crippen LogP contribution in [0.2, 0.25) is 0 Å². The predicted molar refractivity (Wildman–Crippen MR) is 79.8 cm³/mol. The van der Waals surface area contributed by atoms with Gasteiger partial charge < -0.3 is 10.6 Å². The standard InChI is InChI=1S/C15H20N4/c1-5-12-14(16)17-9-18-15(12)19(4)13-7-6-10(2)8-11(13)3/h6-9H,5H2,1-4H3,(H2,16,17,18). The van der Waals surface area contributed by atoms with Crippen molar-refractivity contribution in [3.8, 4) is 0 Å². The van der Waals surface area contributed by atoms with Crippen LogP contribution in [-0.2, 0) is 6.42 Å². The summed E-state index contributed by atoms with van der Waals surface area (Å²) in [5, 5.41) is 0. The van der Waals surface area contributed by atoms with Crippen molar-refractivity contribution in [3.05, 3.63) is 41.2 Å². The number of rotatable bonds is 3. The molecule has 1 aromatic carbocycles.